The summed E-state index contributed by atoms with van der Waals surface area (Å²) in [5.41, 5.74) is 7.97. The third kappa shape index (κ3) is 27.6. The number of rotatable bonds is 12. The number of hydrogen-bond donors (Lipinski definition) is 6. The number of anilines is 1. The van der Waals surface area contributed by atoms with Crippen LogP contribution in [-0.4, -0.2) is 117 Å². The number of hydrogen-bond acceptors (Lipinski definition) is 16. The van der Waals surface area contributed by atoms with Gasteiger partial charge in [0.25, 0.3) is 0 Å². The van der Waals surface area contributed by atoms with E-state index in [1.807, 2.05) is 71.7 Å². The molecular formula is C60H63I7N5O15V-. The Balaban J connectivity index is 0. The number of fused-ring (bicyclic) bond motifs is 4. The number of carbonyl (C=O) groups is 5. The molecule has 9 rings (SSSR count). The third-order valence-corrected chi connectivity index (χ3v) is 10.4. The molecule has 0 saturated carbocycles. The Morgan fingerprint density at radius 1 is 0.489 bits per heavy atom. The molecule has 4 aromatic heterocycles. The van der Waals surface area contributed by atoms with Crippen LogP contribution in [0, 0.1) is 4.93 Å². The van der Waals surface area contributed by atoms with Gasteiger partial charge in [-0.3, -0.25) is 24.9 Å². The molecule has 0 aliphatic rings. The Kier molecular flexibility index (Phi) is 47.1. The molecule has 28 heteroatoms. The summed E-state index contributed by atoms with van der Waals surface area (Å²) in [7, 11) is 2.84. The van der Waals surface area contributed by atoms with Crippen molar-refractivity contribution in [2.75, 3.05) is 47.1 Å². The maximum atomic E-state index is 12.0. The van der Waals surface area contributed by atoms with Gasteiger partial charge < -0.3 is 77.5 Å². The molecule has 0 saturated heterocycles. The van der Waals surface area contributed by atoms with Crippen LogP contribution in [0.5, 0.6) is 28.7 Å². The summed E-state index contributed by atoms with van der Waals surface area (Å²) in [6, 6.07) is 32.6. The van der Waals surface area contributed by atoms with Crippen LogP contribution in [0.25, 0.3) is 43.6 Å². The molecule has 0 atom stereocenters. The summed E-state index contributed by atoms with van der Waals surface area (Å²) in [4.78, 5) is 77.2. The van der Waals surface area contributed by atoms with Crippen molar-refractivity contribution < 1.29 is 91.7 Å². The third-order valence-electron chi connectivity index (χ3n) is 10.4. The van der Waals surface area contributed by atoms with Crippen LogP contribution in [0.2, 0.25) is 0 Å². The van der Waals surface area contributed by atoms with E-state index in [1.54, 1.807) is 98.3 Å². The molecule has 0 fully saturated rings. The normalized spacial score (nSPS) is 9.40. The van der Waals surface area contributed by atoms with Crippen LogP contribution >= 0.6 is 158 Å². The number of aromatic carboxylic acids is 4. The van der Waals surface area contributed by atoms with E-state index < -0.39 is 29.8 Å². The summed E-state index contributed by atoms with van der Waals surface area (Å²) in [6.45, 7) is 6.71. The fourth-order valence-corrected chi connectivity index (χ4v) is 7.21. The molecule has 473 valence electrons. The number of aromatic nitrogens is 4. The Bertz CT molecular complexity index is 3610. The number of benzene rings is 5. The van der Waals surface area contributed by atoms with Crippen molar-refractivity contribution >= 4 is 237 Å². The minimum Gasteiger partial charge on any atom is -0.507 e. The molecule has 88 heavy (non-hydrogen) atoms. The van der Waals surface area contributed by atoms with Gasteiger partial charge in [0.15, 0.2) is 0 Å². The number of carbonyl (C=O) groups excluding carboxylic acids is 1. The number of nitrogens with two attached hydrogens (primary N) is 1. The van der Waals surface area contributed by atoms with Crippen molar-refractivity contribution in [2.45, 2.75) is 28.1 Å². The maximum absolute atomic E-state index is 12.0. The smallest absolute Gasteiger partial charge is 0.344 e. The number of methoxy groups -OCH3 is 2. The van der Waals surface area contributed by atoms with Crippen molar-refractivity contribution in [3.05, 3.63) is 173 Å². The van der Waals surface area contributed by atoms with Gasteiger partial charge in [-0.05, 0) is 111 Å². The van der Waals surface area contributed by atoms with E-state index in [4.69, 9.17) is 44.7 Å². The van der Waals surface area contributed by atoms with Crippen molar-refractivity contribution in [2.24, 2.45) is 0 Å². The van der Waals surface area contributed by atoms with Crippen molar-refractivity contribution in [1.82, 2.24) is 19.9 Å². The molecule has 0 unspecified atom stereocenters. The summed E-state index contributed by atoms with van der Waals surface area (Å²) < 4.78 is 27.6. The number of carboxylic acid groups (broad SMARTS) is 4. The number of esters is 1. The molecule has 0 bridgehead atoms. The molecule has 0 aliphatic heterocycles. The number of aromatic hydroxyl groups is 1. The van der Waals surface area contributed by atoms with Gasteiger partial charge in [-0.2, -0.15) is 0 Å². The summed E-state index contributed by atoms with van der Waals surface area (Å²) >= 11 is 15.6. The number of ether oxygens (including phenoxy) is 5. The van der Waals surface area contributed by atoms with Gasteiger partial charge >= 0.3 is 29.8 Å². The number of nitrogens with zero attached hydrogens (tertiary/aromatic N) is 4. The number of halogens is 7. The van der Waals surface area contributed by atoms with Gasteiger partial charge in [0.1, 0.15) is 56.5 Å². The molecule has 4 heterocycles. The Morgan fingerprint density at radius 3 is 1.12 bits per heavy atom. The topological polar surface area (TPSA) is 310 Å². The van der Waals surface area contributed by atoms with E-state index in [2.05, 4.69) is 160 Å². The van der Waals surface area contributed by atoms with Gasteiger partial charge in [0.05, 0.1) is 58.5 Å². The Morgan fingerprint density at radius 2 is 0.795 bits per heavy atom. The number of carboxylic acids is 4. The second-order valence-corrected chi connectivity index (χ2v) is 30.7. The van der Waals surface area contributed by atoms with Crippen molar-refractivity contribution in [1.29, 1.82) is 0 Å². The molecular weight excluding hydrogens is 1970 g/mol. The quantitative estimate of drug-likeness (QED) is 0.0218. The van der Waals surface area contributed by atoms with Gasteiger partial charge in [-0.1, -0.05) is 173 Å². The summed E-state index contributed by atoms with van der Waals surface area (Å²) in [5, 5.41) is 48.4. The van der Waals surface area contributed by atoms with Crippen molar-refractivity contribution in [3.63, 3.8) is 0 Å². The summed E-state index contributed by atoms with van der Waals surface area (Å²) in [6.07, 6.45) is 6.29. The minimum absolute atomic E-state index is 0. The molecule has 0 aliphatic carbocycles. The van der Waals surface area contributed by atoms with Crippen LogP contribution in [0.1, 0.15) is 80.0 Å². The first-order valence-corrected chi connectivity index (χ1v) is 34.9. The fourth-order valence-electron chi connectivity index (χ4n) is 7.21. The predicted molar refractivity (Wildman–Crippen MR) is 404 cm³/mol. The molecule has 9 aromatic rings. The number of phenols is 1. The van der Waals surface area contributed by atoms with Gasteiger partial charge in [0.2, 0.25) is 0 Å². The van der Waals surface area contributed by atoms with Gasteiger partial charge in [0, 0.05) is 70.6 Å². The monoisotopic (exact) mass is 2030 g/mol. The van der Waals surface area contributed by atoms with E-state index in [0.717, 1.165) is 16.1 Å². The van der Waals surface area contributed by atoms with Gasteiger partial charge in [-0.25, -0.2) is 24.0 Å². The molecule has 7 N–H and O–H groups in total. The SMILES string of the molecule is C.CCOC(=O)c1c(OCC)ccc2cccnc12.CCOc1ccc2cccnc2c1C(=O)O.CI.COc1ccc2cccnc2c1C(=O)O.COc1cccc(N)c1C(=O)O.IC(I)I.ICI.O=C(O)c1c(O)ccc2cccnc12.[CH2-]I.[V]. The van der Waals surface area contributed by atoms with E-state index in [0.29, 0.717) is 70.1 Å². The Hall–Kier alpha value is -4.42. The number of pyridine rings is 4. The number of nitrogen functional groups attached to an aromatic ring is 1. The zero-order valence-corrected chi connectivity index (χ0v) is 63.7. The van der Waals surface area contributed by atoms with E-state index in [9.17, 15) is 34.2 Å². The first-order valence-electron chi connectivity index (χ1n) is 24.5. The van der Waals surface area contributed by atoms with E-state index in [-0.39, 0.29) is 65.4 Å². The zero-order chi connectivity index (χ0) is 64.9. The maximum Gasteiger partial charge on any atom is 0.344 e. The average molecular weight is 2030 g/mol. The molecule has 20 nitrogen and oxygen atoms in total. The zero-order valence-electron chi connectivity index (χ0n) is 47.2. The minimum atomic E-state index is -1.17. The summed E-state index contributed by atoms with van der Waals surface area (Å²) in [5.74, 6) is -3.48. The van der Waals surface area contributed by atoms with E-state index >= 15 is 0 Å². The largest absolute Gasteiger partial charge is 0.507 e. The van der Waals surface area contributed by atoms with Crippen LogP contribution in [0.3, 0.4) is 0 Å². The van der Waals surface area contributed by atoms with Crippen LogP contribution in [0.4, 0.5) is 5.69 Å². The predicted octanol–water partition coefficient (Wildman–Crippen LogP) is 17.0. The van der Waals surface area contributed by atoms with Gasteiger partial charge in [-0.15, -0.1) is 0 Å². The standard InChI is InChI=1S/C14H15NO3.C12H11NO3.C11H9NO3.C10H7NO3.C8H9NO3.CHI3.CH2I2.CH3I.CH2I.CH4.V/c1-3-17-11-8-7-10-6-5-9-15-13(10)12(11)14(16)18-4-2;1-2-16-9-6-5-8-4-3-7-13-11(8)10(9)12(14)15;1-15-8-5-4-7-3-2-6-12-10(7)9(8)11(13)14;12-7-4-3-6-2-1-5-11-9(6)8(7)10(13)14;1-12-6-4-2-3-5(9)7(6)8(10)11;2-1(3)4;2-1-3;2*1-2;;/h5-9H,3-4H2,1-2H3;3-7H,2H2,1H3,(H,14,15);2-6H,1H3,(H,13,14);1-5,12H,(H,13,14);2-4H,9H2,1H3,(H,10,11);1H;1H2;1H3;1H2;1H4;/q;;;;;;;;-1;;. The fraction of sp³-hybridized carbons (Fsp3) is 0.200. The molecule has 5 aromatic carbocycles. The van der Waals surface area contributed by atoms with E-state index in [1.165, 1.54) is 35.0 Å². The molecule has 0 spiro atoms. The van der Waals surface area contributed by atoms with Crippen LogP contribution in [0.15, 0.2) is 140 Å². The Labute approximate surface area is 617 Å². The van der Waals surface area contributed by atoms with Crippen LogP contribution in [-0.2, 0) is 23.3 Å². The van der Waals surface area contributed by atoms with Crippen LogP contribution < -0.4 is 24.7 Å². The first kappa shape index (κ1) is 85.6. The molecule has 0 amide bonds. The first-order chi connectivity index (χ1) is 41.3. The van der Waals surface area contributed by atoms with Crippen molar-refractivity contribution in [3.8, 4) is 28.7 Å². The second kappa shape index (κ2) is 48.4. The average Bonchev–Trinajstić information content (AvgIpc) is 1.89. The number of alkyl halides is 6. The second-order valence-electron chi connectivity index (χ2n) is 15.4. The molecule has 1 radical (unpaired) electrons.